The van der Waals surface area contributed by atoms with E-state index in [1.165, 1.54) is 14.1 Å². The van der Waals surface area contributed by atoms with Gasteiger partial charge >= 0.3 is 5.97 Å². The van der Waals surface area contributed by atoms with Crippen molar-refractivity contribution in [2.75, 3.05) is 26.0 Å². The van der Waals surface area contributed by atoms with Crippen LogP contribution in [0.4, 0.5) is 5.69 Å². The summed E-state index contributed by atoms with van der Waals surface area (Å²) in [4.78, 5) is 23.9. The average Bonchev–Trinajstić information content (AvgIpc) is 2.68. The number of nitrogens with zero attached hydrogens (tertiary/aromatic N) is 1. The summed E-state index contributed by atoms with van der Waals surface area (Å²) in [6.07, 6.45) is 0.959. The van der Waals surface area contributed by atoms with Crippen molar-refractivity contribution in [2.45, 2.75) is 31.1 Å². The summed E-state index contributed by atoms with van der Waals surface area (Å²) >= 11 is 0. The van der Waals surface area contributed by atoms with Gasteiger partial charge in [-0.1, -0.05) is 24.3 Å². The second-order valence-corrected chi connectivity index (χ2v) is 8.81. The van der Waals surface area contributed by atoms with E-state index >= 15 is 0 Å². The molecule has 156 valence electrons. The Hall–Kier alpha value is -2.71. The number of aryl methyl sites for hydroxylation is 1. The van der Waals surface area contributed by atoms with Gasteiger partial charge in [0.15, 0.2) is 0 Å². The number of sulfonamides is 1. The Kier molecular flexibility index (Phi) is 7.92. The van der Waals surface area contributed by atoms with Crippen LogP contribution < -0.4 is 5.32 Å². The highest BCUT2D eigenvalue weighted by Crippen LogP contribution is 2.16. The van der Waals surface area contributed by atoms with Gasteiger partial charge in [0, 0.05) is 26.2 Å². The van der Waals surface area contributed by atoms with Crippen molar-refractivity contribution in [3.8, 4) is 0 Å². The molecule has 0 heterocycles. The first-order valence-electron chi connectivity index (χ1n) is 9.28. The number of anilines is 1. The van der Waals surface area contributed by atoms with Gasteiger partial charge in [0.2, 0.25) is 15.9 Å². The van der Waals surface area contributed by atoms with Crippen LogP contribution in [0.5, 0.6) is 0 Å². The van der Waals surface area contributed by atoms with Gasteiger partial charge in [0.05, 0.1) is 17.9 Å². The minimum Gasteiger partial charge on any atom is -0.466 e. The van der Waals surface area contributed by atoms with Crippen molar-refractivity contribution < 1.29 is 22.7 Å². The van der Waals surface area contributed by atoms with Crippen molar-refractivity contribution >= 4 is 27.6 Å². The zero-order valence-electron chi connectivity index (χ0n) is 16.8. The topological polar surface area (TPSA) is 92.8 Å². The summed E-state index contributed by atoms with van der Waals surface area (Å²) in [5, 5.41) is 2.81. The summed E-state index contributed by atoms with van der Waals surface area (Å²) in [7, 11) is -0.489. The van der Waals surface area contributed by atoms with Gasteiger partial charge in [0.25, 0.3) is 0 Å². The number of benzene rings is 2. The number of ether oxygens (including phenoxy) is 1. The van der Waals surface area contributed by atoms with E-state index in [0.29, 0.717) is 18.7 Å². The Labute approximate surface area is 171 Å². The highest BCUT2D eigenvalue weighted by molar-refractivity contribution is 7.89. The maximum atomic E-state index is 12.2. The summed E-state index contributed by atoms with van der Waals surface area (Å²) in [6.45, 7) is 2.11. The Morgan fingerprint density at radius 3 is 2.10 bits per heavy atom. The van der Waals surface area contributed by atoms with Crippen LogP contribution in [0.15, 0.2) is 53.4 Å². The number of nitrogens with one attached hydrogen (secondary N) is 1. The molecule has 0 aliphatic heterocycles. The molecule has 0 aliphatic rings. The number of amides is 1. The summed E-state index contributed by atoms with van der Waals surface area (Å²) in [5.74, 6) is -0.429. The average molecular weight is 419 g/mol. The largest absolute Gasteiger partial charge is 0.466 e. The molecule has 0 aliphatic carbocycles. The van der Waals surface area contributed by atoms with Crippen molar-refractivity contribution in [3.63, 3.8) is 0 Å². The van der Waals surface area contributed by atoms with Gasteiger partial charge in [-0.2, -0.15) is 0 Å². The highest BCUT2D eigenvalue weighted by atomic mass is 32.2. The quantitative estimate of drug-likeness (QED) is 0.632. The van der Waals surface area contributed by atoms with E-state index in [1.807, 2.05) is 0 Å². The second-order valence-electron chi connectivity index (χ2n) is 6.66. The van der Waals surface area contributed by atoms with Crippen LogP contribution >= 0.6 is 0 Å². The number of hydrogen-bond donors (Lipinski definition) is 1. The molecule has 0 bridgehead atoms. The van der Waals surface area contributed by atoms with Crippen LogP contribution in [-0.2, 0) is 37.2 Å². The summed E-state index contributed by atoms with van der Waals surface area (Å²) < 4.78 is 30.2. The van der Waals surface area contributed by atoms with E-state index in [9.17, 15) is 18.0 Å². The lowest BCUT2D eigenvalue weighted by molar-refractivity contribution is -0.142. The maximum Gasteiger partial charge on any atom is 0.310 e. The van der Waals surface area contributed by atoms with Gasteiger partial charge in [-0.15, -0.1) is 0 Å². The lowest BCUT2D eigenvalue weighted by Crippen LogP contribution is -2.22. The van der Waals surface area contributed by atoms with Gasteiger partial charge in [-0.25, -0.2) is 12.7 Å². The van der Waals surface area contributed by atoms with Crippen LogP contribution in [0.1, 0.15) is 24.5 Å². The molecule has 7 nitrogen and oxygen atoms in total. The minimum absolute atomic E-state index is 0.145. The molecule has 2 rings (SSSR count). The van der Waals surface area contributed by atoms with E-state index < -0.39 is 10.0 Å². The lowest BCUT2D eigenvalue weighted by atomic mass is 10.1. The zero-order chi connectivity index (χ0) is 21.4. The highest BCUT2D eigenvalue weighted by Gasteiger charge is 2.16. The second kappa shape index (κ2) is 10.2. The molecule has 1 N–H and O–H groups in total. The first-order valence-corrected chi connectivity index (χ1v) is 10.7. The van der Waals surface area contributed by atoms with Crippen LogP contribution in [-0.4, -0.2) is 45.3 Å². The third-order valence-corrected chi connectivity index (χ3v) is 6.06. The standard InChI is InChI=1S/C21H26N2O5S/c1-4-28-21(25)15-17-5-10-18(11-6-17)22-20(24)14-9-16-7-12-19(13-8-16)29(26,27)23(2)3/h5-8,10-13H,4,9,14-15H2,1-3H3,(H,22,24). The van der Waals surface area contributed by atoms with Crippen LogP contribution in [0, 0.1) is 0 Å². The number of carbonyl (C=O) groups excluding carboxylic acids is 2. The molecule has 0 aromatic heterocycles. The molecule has 0 atom stereocenters. The summed E-state index contributed by atoms with van der Waals surface area (Å²) in [6, 6.07) is 13.6. The van der Waals surface area contributed by atoms with Crippen molar-refractivity contribution in [1.82, 2.24) is 4.31 Å². The molecule has 29 heavy (non-hydrogen) atoms. The fourth-order valence-corrected chi connectivity index (χ4v) is 3.51. The number of rotatable bonds is 9. The van der Waals surface area contributed by atoms with Crippen LogP contribution in [0.2, 0.25) is 0 Å². The minimum atomic E-state index is -3.46. The molecule has 0 saturated carbocycles. The van der Waals surface area contributed by atoms with E-state index in [1.54, 1.807) is 55.5 Å². The van der Waals surface area contributed by atoms with Crippen LogP contribution in [0.25, 0.3) is 0 Å². The summed E-state index contributed by atoms with van der Waals surface area (Å²) in [5.41, 5.74) is 2.34. The predicted octanol–water partition coefficient (Wildman–Crippen LogP) is 2.61. The van der Waals surface area contributed by atoms with Gasteiger partial charge in [0.1, 0.15) is 0 Å². The Morgan fingerprint density at radius 2 is 1.55 bits per heavy atom. The maximum absolute atomic E-state index is 12.2. The number of carbonyl (C=O) groups is 2. The van der Waals surface area contributed by atoms with E-state index in [-0.39, 0.29) is 29.6 Å². The predicted molar refractivity (Wildman–Crippen MR) is 111 cm³/mol. The third-order valence-electron chi connectivity index (χ3n) is 4.23. The molecule has 2 aromatic rings. The zero-order valence-corrected chi connectivity index (χ0v) is 17.7. The van der Waals surface area contributed by atoms with Gasteiger partial charge < -0.3 is 10.1 Å². The van der Waals surface area contributed by atoms with Crippen molar-refractivity contribution in [1.29, 1.82) is 0 Å². The van der Waals surface area contributed by atoms with E-state index in [4.69, 9.17) is 4.74 Å². The Morgan fingerprint density at radius 1 is 0.966 bits per heavy atom. The first-order chi connectivity index (χ1) is 13.7. The SMILES string of the molecule is CCOC(=O)Cc1ccc(NC(=O)CCc2ccc(S(=O)(=O)N(C)C)cc2)cc1. The normalized spacial score (nSPS) is 11.3. The van der Waals surface area contributed by atoms with E-state index in [2.05, 4.69) is 5.32 Å². The Bertz CT molecular complexity index is 936. The molecule has 0 radical (unpaired) electrons. The lowest BCUT2D eigenvalue weighted by Gasteiger charge is -2.11. The van der Waals surface area contributed by atoms with Crippen molar-refractivity contribution in [2.24, 2.45) is 0 Å². The molecule has 2 aromatic carbocycles. The van der Waals surface area contributed by atoms with Crippen molar-refractivity contribution in [3.05, 3.63) is 59.7 Å². The molecule has 8 heteroatoms. The fourth-order valence-electron chi connectivity index (χ4n) is 2.60. The molecule has 0 fully saturated rings. The van der Waals surface area contributed by atoms with Crippen LogP contribution in [0.3, 0.4) is 0 Å². The molecule has 0 saturated heterocycles. The molecule has 1 amide bonds. The molecular formula is C21H26N2O5S. The molecule has 0 spiro atoms. The third kappa shape index (κ3) is 6.69. The molecular weight excluding hydrogens is 392 g/mol. The first kappa shape index (κ1) is 22.6. The smallest absolute Gasteiger partial charge is 0.310 e. The van der Waals surface area contributed by atoms with Gasteiger partial charge in [-0.05, 0) is 48.7 Å². The van der Waals surface area contributed by atoms with Gasteiger partial charge in [-0.3, -0.25) is 9.59 Å². The molecule has 0 unspecified atom stereocenters. The van der Waals surface area contributed by atoms with E-state index in [0.717, 1.165) is 15.4 Å². The Balaban J connectivity index is 1.86. The monoisotopic (exact) mass is 418 g/mol. The fraction of sp³-hybridized carbons (Fsp3) is 0.333. The number of hydrogen-bond acceptors (Lipinski definition) is 5. The number of esters is 1.